The summed E-state index contributed by atoms with van der Waals surface area (Å²) in [5.74, 6) is 0.0336. The highest BCUT2D eigenvalue weighted by Gasteiger charge is 2.36. The fourth-order valence-corrected chi connectivity index (χ4v) is 3.62. The maximum Gasteiger partial charge on any atom is 0.127 e. The van der Waals surface area contributed by atoms with Crippen LogP contribution in [0.5, 0.6) is 0 Å². The lowest BCUT2D eigenvalue weighted by Gasteiger charge is -2.41. The minimum Gasteiger partial charge on any atom is -0.392 e. The Bertz CT molecular complexity index is 444. The van der Waals surface area contributed by atoms with Gasteiger partial charge in [-0.3, -0.25) is 0 Å². The zero-order chi connectivity index (χ0) is 14.0. The fourth-order valence-electron chi connectivity index (χ4n) is 3.29. The van der Waals surface area contributed by atoms with Crippen molar-refractivity contribution in [2.45, 2.75) is 52.1 Å². The Morgan fingerprint density at radius 1 is 1.42 bits per heavy atom. The molecule has 0 amide bonds. The maximum absolute atomic E-state index is 13.8. The Balaban J connectivity index is 2.09. The van der Waals surface area contributed by atoms with Crippen LogP contribution in [-0.4, -0.2) is 11.2 Å². The van der Waals surface area contributed by atoms with Crippen molar-refractivity contribution in [1.82, 2.24) is 0 Å². The summed E-state index contributed by atoms with van der Waals surface area (Å²) < 4.78 is 14.6. The minimum absolute atomic E-state index is 0.156. The third-order valence-electron chi connectivity index (χ3n) is 4.50. The first-order valence-corrected chi connectivity index (χ1v) is 7.81. The summed E-state index contributed by atoms with van der Waals surface area (Å²) in [6.45, 7) is 4.44. The SMILES string of the molecule is CC1(C)CCCCC1C(O)Cc1ccc(Br)cc1F. The zero-order valence-corrected chi connectivity index (χ0v) is 13.2. The van der Waals surface area contributed by atoms with Crippen LogP contribution in [0.2, 0.25) is 0 Å². The molecule has 2 rings (SSSR count). The molecule has 0 spiro atoms. The Kier molecular flexibility index (Phi) is 4.67. The standard InChI is InChI=1S/C16H22BrFO/c1-16(2)8-4-3-5-13(16)15(19)9-11-6-7-12(17)10-14(11)18/h6-7,10,13,15,19H,3-5,8-9H2,1-2H3. The van der Waals surface area contributed by atoms with Crippen LogP contribution in [0.25, 0.3) is 0 Å². The van der Waals surface area contributed by atoms with Gasteiger partial charge in [0.2, 0.25) is 0 Å². The Morgan fingerprint density at radius 2 is 2.16 bits per heavy atom. The van der Waals surface area contributed by atoms with Crippen LogP contribution in [0.3, 0.4) is 0 Å². The molecule has 1 saturated carbocycles. The van der Waals surface area contributed by atoms with Crippen LogP contribution in [0, 0.1) is 17.2 Å². The second kappa shape index (κ2) is 5.92. The van der Waals surface area contributed by atoms with Gasteiger partial charge in [0.1, 0.15) is 5.82 Å². The Hall–Kier alpha value is -0.410. The molecule has 1 aromatic rings. The van der Waals surface area contributed by atoms with E-state index in [4.69, 9.17) is 0 Å². The zero-order valence-electron chi connectivity index (χ0n) is 11.6. The topological polar surface area (TPSA) is 20.2 Å². The van der Waals surface area contributed by atoms with Crippen molar-refractivity contribution < 1.29 is 9.50 Å². The van der Waals surface area contributed by atoms with Crippen LogP contribution in [-0.2, 0) is 6.42 Å². The normalized spacial score (nSPS) is 24.2. The number of aliphatic hydroxyl groups is 1. The van der Waals surface area contributed by atoms with Gasteiger partial charge in [-0.25, -0.2) is 4.39 Å². The van der Waals surface area contributed by atoms with E-state index >= 15 is 0 Å². The molecule has 2 unspecified atom stereocenters. The van der Waals surface area contributed by atoms with Crippen molar-refractivity contribution in [3.63, 3.8) is 0 Å². The van der Waals surface area contributed by atoms with Gasteiger partial charge in [0.25, 0.3) is 0 Å². The van der Waals surface area contributed by atoms with Crippen LogP contribution in [0.1, 0.15) is 45.1 Å². The number of rotatable bonds is 3. The predicted molar refractivity (Wildman–Crippen MR) is 79.5 cm³/mol. The number of hydrogen-bond donors (Lipinski definition) is 1. The van der Waals surface area contributed by atoms with Crippen molar-refractivity contribution in [2.24, 2.45) is 11.3 Å². The largest absolute Gasteiger partial charge is 0.392 e. The second-order valence-corrected chi connectivity index (χ2v) is 7.26. The van der Waals surface area contributed by atoms with Crippen LogP contribution in [0.15, 0.2) is 22.7 Å². The van der Waals surface area contributed by atoms with Crippen LogP contribution < -0.4 is 0 Å². The molecule has 0 saturated heterocycles. The van der Waals surface area contributed by atoms with Gasteiger partial charge in [-0.1, -0.05) is 48.7 Å². The molecule has 0 aliphatic heterocycles. The molecule has 3 heteroatoms. The highest BCUT2D eigenvalue weighted by Crippen LogP contribution is 2.43. The number of hydrogen-bond acceptors (Lipinski definition) is 1. The van der Waals surface area contributed by atoms with Gasteiger partial charge < -0.3 is 5.11 Å². The monoisotopic (exact) mass is 328 g/mol. The van der Waals surface area contributed by atoms with Crippen molar-refractivity contribution in [3.05, 3.63) is 34.1 Å². The lowest BCUT2D eigenvalue weighted by Crippen LogP contribution is -2.38. The lowest BCUT2D eigenvalue weighted by molar-refractivity contribution is 0.00538. The van der Waals surface area contributed by atoms with Crippen molar-refractivity contribution in [2.75, 3.05) is 0 Å². The number of benzene rings is 1. The Labute approximate surface area is 123 Å². The van der Waals surface area contributed by atoms with E-state index in [-0.39, 0.29) is 17.2 Å². The smallest absolute Gasteiger partial charge is 0.127 e. The van der Waals surface area contributed by atoms with E-state index in [2.05, 4.69) is 29.8 Å². The summed E-state index contributed by atoms with van der Waals surface area (Å²) >= 11 is 3.25. The van der Waals surface area contributed by atoms with Crippen molar-refractivity contribution in [3.8, 4) is 0 Å². The molecule has 1 nitrogen and oxygen atoms in total. The molecule has 0 radical (unpaired) electrons. The van der Waals surface area contributed by atoms with E-state index in [1.165, 1.54) is 18.9 Å². The molecule has 0 aromatic heterocycles. The van der Waals surface area contributed by atoms with Gasteiger partial charge in [0, 0.05) is 10.9 Å². The van der Waals surface area contributed by atoms with Gasteiger partial charge in [-0.2, -0.15) is 0 Å². The summed E-state index contributed by atoms with van der Waals surface area (Å²) in [6, 6.07) is 5.06. The first-order chi connectivity index (χ1) is 8.90. The van der Waals surface area contributed by atoms with E-state index in [1.807, 2.05) is 6.07 Å². The molecule has 19 heavy (non-hydrogen) atoms. The van der Waals surface area contributed by atoms with Gasteiger partial charge in [0.15, 0.2) is 0 Å². The molecular weight excluding hydrogens is 307 g/mol. The van der Waals surface area contributed by atoms with Crippen LogP contribution in [0.4, 0.5) is 4.39 Å². The molecule has 1 fully saturated rings. The Morgan fingerprint density at radius 3 is 2.79 bits per heavy atom. The third kappa shape index (κ3) is 3.57. The summed E-state index contributed by atoms with van der Waals surface area (Å²) in [4.78, 5) is 0. The average Bonchev–Trinajstić information content (AvgIpc) is 2.32. The molecule has 1 aliphatic rings. The fraction of sp³-hybridized carbons (Fsp3) is 0.625. The number of aliphatic hydroxyl groups excluding tert-OH is 1. The van der Waals surface area contributed by atoms with E-state index in [9.17, 15) is 9.50 Å². The maximum atomic E-state index is 13.8. The highest BCUT2D eigenvalue weighted by molar-refractivity contribution is 9.10. The molecular formula is C16H22BrFO. The van der Waals surface area contributed by atoms with E-state index in [0.29, 0.717) is 12.0 Å². The van der Waals surface area contributed by atoms with Gasteiger partial charge in [-0.15, -0.1) is 0 Å². The van der Waals surface area contributed by atoms with E-state index in [0.717, 1.165) is 17.3 Å². The summed E-state index contributed by atoms with van der Waals surface area (Å²) in [5.41, 5.74) is 0.765. The summed E-state index contributed by atoms with van der Waals surface area (Å²) in [5, 5.41) is 10.5. The molecule has 0 bridgehead atoms. The second-order valence-electron chi connectivity index (χ2n) is 6.35. The molecule has 1 aromatic carbocycles. The van der Waals surface area contributed by atoms with E-state index < -0.39 is 6.10 Å². The van der Waals surface area contributed by atoms with Gasteiger partial charge in [0.05, 0.1) is 6.10 Å². The molecule has 2 atom stereocenters. The average molecular weight is 329 g/mol. The first kappa shape index (κ1) is 15.0. The van der Waals surface area contributed by atoms with Gasteiger partial charge >= 0.3 is 0 Å². The summed E-state index contributed by atoms with van der Waals surface area (Å²) in [7, 11) is 0. The molecule has 106 valence electrons. The first-order valence-electron chi connectivity index (χ1n) is 7.02. The predicted octanol–water partition coefficient (Wildman–Crippen LogP) is 4.71. The third-order valence-corrected chi connectivity index (χ3v) is 4.99. The van der Waals surface area contributed by atoms with Gasteiger partial charge in [-0.05, 0) is 41.9 Å². The minimum atomic E-state index is -0.453. The quantitative estimate of drug-likeness (QED) is 0.852. The number of halogens is 2. The molecule has 1 aliphatic carbocycles. The van der Waals surface area contributed by atoms with Crippen molar-refractivity contribution >= 4 is 15.9 Å². The van der Waals surface area contributed by atoms with Crippen molar-refractivity contribution in [1.29, 1.82) is 0 Å². The lowest BCUT2D eigenvalue weighted by atomic mass is 9.66. The molecule has 1 N–H and O–H groups in total. The van der Waals surface area contributed by atoms with E-state index in [1.54, 1.807) is 6.07 Å². The highest BCUT2D eigenvalue weighted by atomic mass is 79.9. The van der Waals surface area contributed by atoms with Crippen LogP contribution >= 0.6 is 15.9 Å². The molecule has 0 heterocycles. The summed E-state index contributed by atoms with van der Waals surface area (Å²) in [6.07, 6.45) is 4.57.